The topological polar surface area (TPSA) is 40.5 Å². The number of benzene rings is 2. The van der Waals surface area contributed by atoms with Gasteiger partial charge in [-0.1, -0.05) is 54.6 Å². The van der Waals surface area contributed by atoms with E-state index in [4.69, 9.17) is 0 Å². The van der Waals surface area contributed by atoms with Crippen LogP contribution in [-0.4, -0.2) is 34.7 Å². The van der Waals surface area contributed by atoms with Gasteiger partial charge in [0, 0.05) is 13.1 Å². The number of aliphatic hydroxyl groups excluding tert-OH is 1. The third kappa shape index (κ3) is 3.65. The highest BCUT2D eigenvalue weighted by atomic mass is 19.1. The molecule has 0 aliphatic heterocycles. The molecule has 4 heteroatoms. The summed E-state index contributed by atoms with van der Waals surface area (Å²) in [6.07, 6.45) is -1.50. The number of amides is 1. The molecule has 1 amide bonds. The van der Waals surface area contributed by atoms with E-state index in [-0.39, 0.29) is 0 Å². The molecule has 0 unspecified atom stereocenters. The van der Waals surface area contributed by atoms with Crippen LogP contribution >= 0.6 is 0 Å². The van der Waals surface area contributed by atoms with Crippen molar-refractivity contribution in [2.45, 2.75) is 32.5 Å². The van der Waals surface area contributed by atoms with E-state index < -0.39 is 17.7 Å². The third-order valence-corrected chi connectivity index (χ3v) is 4.32. The van der Waals surface area contributed by atoms with Crippen LogP contribution in [0.3, 0.4) is 0 Å². The lowest BCUT2D eigenvalue weighted by atomic mass is 9.92. The molecule has 0 fully saturated rings. The molecule has 2 rings (SSSR count). The van der Waals surface area contributed by atoms with Gasteiger partial charge in [-0.25, -0.2) is 4.39 Å². The maximum Gasteiger partial charge on any atom is 0.263 e. The first-order valence-corrected chi connectivity index (χ1v) is 8.23. The second-order valence-corrected chi connectivity index (χ2v) is 5.94. The molecule has 2 atom stereocenters. The average molecular weight is 329 g/mol. The highest BCUT2D eigenvalue weighted by molar-refractivity contribution is 5.85. The summed E-state index contributed by atoms with van der Waals surface area (Å²) in [5.41, 5.74) is 0.0449. The number of carbonyl (C=O) groups is 1. The zero-order valence-electron chi connectivity index (χ0n) is 14.4. The summed E-state index contributed by atoms with van der Waals surface area (Å²) in [5.74, 6) is -0.688. The van der Waals surface area contributed by atoms with Gasteiger partial charge in [0.25, 0.3) is 5.91 Å². The summed E-state index contributed by atoms with van der Waals surface area (Å²) in [7, 11) is 0. The Kier molecular flexibility index (Phi) is 5.73. The van der Waals surface area contributed by atoms with E-state index in [2.05, 4.69) is 0 Å². The lowest BCUT2D eigenvalue weighted by Crippen LogP contribution is -2.47. The third-order valence-electron chi connectivity index (χ3n) is 4.32. The predicted molar refractivity (Wildman–Crippen MR) is 94.3 cm³/mol. The molecular weight excluding hydrogens is 305 g/mol. The number of hydrogen-bond donors (Lipinski definition) is 1. The molecule has 0 saturated heterocycles. The Morgan fingerprint density at radius 3 is 2.04 bits per heavy atom. The van der Waals surface area contributed by atoms with Crippen molar-refractivity contribution in [1.29, 1.82) is 0 Å². The summed E-state index contributed by atoms with van der Waals surface area (Å²) >= 11 is 0. The van der Waals surface area contributed by atoms with Crippen molar-refractivity contribution >= 4 is 5.91 Å². The van der Waals surface area contributed by atoms with Gasteiger partial charge in [-0.05, 0) is 37.5 Å². The Morgan fingerprint density at radius 2 is 1.54 bits per heavy atom. The molecule has 0 spiro atoms. The van der Waals surface area contributed by atoms with E-state index in [0.717, 1.165) is 18.1 Å². The molecule has 0 saturated carbocycles. The van der Waals surface area contributed by atoms with Gasteiger partial charge in [0.15, 0.2) is 0 Å². The lowest BCUT2D eigenvalue weighted by Gasteiger charge is -2.31. The molecular formula is C20H24FNO2. The Labute approximate surface area is 142 Å². The molecule has 1 N–H and O–H groups in total. The van der Waals surface area contributed by atoms with Crippen LogP contribution in [0.25, 0.3) is 11.1 Å². The predicted octanol–water partition coefficient (Wildman–Crippen LogP) is 3.98. The fraction of sp³-hybridized carbons (Fsp3) is 0.350. The fourth-order valence-electron chi connectivity index (χ4n) is 2.74. The molecule has 0 aliphatic rings. The lowest BCUT2D eigenvalue weighted by molar-refractivity contribution is -0.150. The van der Waals surface area contributed by atoms with Crippen molar-refractivity contribution < 1.29 is 14.3 Å². The normalized spacial score (nSPS) is 14.7. The summed E-state index contributed by atoms with van der Waals surface area (Å²) in [6.45, 7) is 5.55. The Bertz CT molecular complexity index is 664. The van der Waals surface area contributed by atoms with Gasteiger partial charge in [-0.15, -0.1) is 0 Å². The van der Waals surface area contributed by atoms with Crippen LogP contribution in [-0.2, 0) is 4.79 Å². The number of rotatable bonds is 6. The number of hydrogen-bond acceptors (Lipinski definition) is 2. The zero-order chi connectivity index (χ0) is 17.7. The van der Waals surface area contributed by atoms with Crippen molar-refractivity contribution in [3.8, 4) is 11.1 Å². The van der Waals surface area contributed by atoms with E-state index in [1.807, 2.05) is 42.5 Å². The quantitative estimate of drug-likeness (QED) is 0.871. The van der Waals surface area contributed by atoms with E-state index in [9.17, 15) is 14.3 Å². The first kappa shape index (κ1) is 18.1. The number of alkyl halides is 1. The van der Waals surface area contributed by atoms with Crippen molar-refractivity contribution in [2.24, 2.45) is 0 Å². The maximum absolute atomic E-state index is 15.0. The number of carbonyl (C=O) groups excluding carboxylic acids is 1. The highest BCUT2D eigenvalue weighted by Gasteiger charge is 2.43. The Balaban J connectivity index is 2.23. The monoisotopic (exact) mass is 329 g/mol. The van der Waals surface area contributed by atoms with E-state index >= 15 is 0 Å². The van der Waals surface area contributed by atoms with E-state index in [1.54, 1.807) is 26.0 Å². The van der Waals surface area contributed by atoms with Gasteiger partial charge in [0.1, 0.15) is 6.10 Å². The van der Waals surface area contributed by atoms with Crippen LogP contribution in [0.2, 0.25) is 0 Å². The largest absolute Gasteiger partial charge is 0.384 e. The van der Waals surface area contributed by atoms with Crippen molar-refractivity contribution in [2.75, 3.05) is 13.1 Å². The van der Waals surface area contributed by atoms with Crippen molar-refractivity contribution in [3.05, 3.63) is 60.2 Å². The van der Waals surface area contributed by atoms with Crippen molar-refractivity contribution in [1.82, 2.24) is 4.90 Å². The molecule has 3 nitrogen and oxygen atoms in total. The molecule has 0 heterocycles. The number of nitrogens with zero attached hydrogens (tertiary/aromatic N) is 1. The highest BCUT2D eigenvalue weighted by Crippen LogP contribution is 2.32. The van der Waals surface area contributed by atoms with Crippen LogP contribution < -0.4 is 0 Å². The van der Waals surface area contributed by atoms with Crippen LogP contribution in [0.5, 0.6) is 0 Å². The molecule has 2 aromatic rings. The average Bonchev–Trinajstić information content (AvgIpc) is 2.63. The zero-order valence-corrected chi connectivity index (χ0v) is 14.4. The number of aliphatic hydroxyl groups is 1. The van der Waals surface area contributed by atoms with Gasteiger partial charge in [0.2, 0.25) is 5.67 Å². The van der Waals surface area contributed by atoms with Gasteiger partial charge in [-0.2, -0.15) is 0 Å². The smallest absolute Gasteiger partial charge is 0.263 e. The second-order valence-electron chi connectivity index (χ2n) is 5.94. The molecule has 128 valence electrons. The van der Waals surface area contributed by atoms with Crippen LogP contribution in [0, 0.1) is 0 Å². The van der Waals surface area contributed by atoms with Crippen LogP contribution in [0.15, 0.2) is 54.6 Å². The molecule has 0 bridgehead atoms. The summed E-state index contributed by atoms with van der Waals surface area (Å²) < 4.78 is 15.0. The first-order chi connectivity index (χ1) is 11.4. The van der Waals surface area contributed by atoms with Gasteiger partial charge >= 0.3 is 0 Å². The fourth-order valence-corrected chi connectivity index (χ4v) is 2.74. The molecule has 2 aromatic carbocycles. The molecule has 0 radical (unpaired) electrons. The minimum Gasteiger partial charge on any atom is -0.384 e. The number of halogens is 1. The van der Waals surface area contributed by atoms with Gasteiger partial charge < -0.3 is 10.0 Å². The van der Waals surface area contributed by atoms with E-state index in [1.165, 1.54) is 4.90 Å². The minimum absolute atomic E-state index is 0.389. The molecule has 0 aliphatic carbocycles. The summed E-state index contributed by atoms with van der Waals surface area (Å²) in [5, 5.41) is 10.4. The first-order valence-electron chi connectivity index (χ1n) is 8.23. The van der Waals surface area contributed by atoms with Gasteiger partial charge in [0.05, 0.1) is 0 Å². The van der Waals surface area contributed by atoms with Crippen LogP contribution in [0.4, 0.5) is 4.39 Å². The Hall–Kier alpha value is -2.20. The van der Waals surface area contributed by atoms with Crippen LogP contribution in [0.1, 0.15) is 32.4 Å². The maximum atomic E-state index is 15.0. The molecule has 24 heavy (non-hydrogen) atoms. The summed E-state index contributed by atoms with van der Waals surface area (Å²) in [6, 6.07) is 16.8. The molecule has 0 aromatic heterocycles. The van der Waals surface area contributed by atoms with Gasteiger partial charge in [-0.3, -0.25) is 4.79 Å². The standard InChI is InChI=1S/C20H24FNO2/c1-4-22(5-2)19(24)20(3,21)18(23)17-13-11-16(12-14-17)15-9-7-6-8-10-15/h6-14,18,23H,4-5H2,1-3H3/t18-,20-/m0/s1. The van der Waals surface area contributed by atoms with Crippen molar-refractivity contribution in [3.63, 3.8) is 0 Å². The summed E-state index contributed by atoms with van der Waals surface area (Å²) in [4.78, 5) is 13.7. The second kappa shape index (κ2) is 7.58. The Morgan fingerprint density at radius 1 is 1.04 bits per heavy atom. The van der Waals surface area contributed by atoms with E-state index in [0.29, 0.717) is 18.7 Å². The minimum atomic E-state index is -2.36. The SMILES string of the molecule is CCN(CC)C(=O)[C@@](C)(F)[C@@H](O)c1ccc(-c2ccccc2)cc1.